The van der Waals surface area contributed by atoms with Gasteiger partial charge in [-0.25, -0.2) is 9.18 Å². The highest BCUT2D eigenvalue weighted by Gasteiger charge is 2.20. The minimum atomic E-state index is -1.10. The fraction of sp³-hybridized carbons (Fsp3) is 0.250. The number of ether oxygens (including phenoxy) is 1. The number of carbonyl (C=O) groups excluding carboxylic acids is 1. The summed E-state index contributed by atoms with van der Waals surface area (Å²) < 4.78 is 23.8. The van der Waals surface area contributed by atoms with Crippen LogP contribution in [0.25, 0.3) is 0 Å². The monoisotopic (exact) mass is 321 g/mol. The van der Waals surface area contributed by atoms with Crippen molar-refractivity contribution in [2.24, 2.45) is 0 Å². The van der Waals surface area contributed by atoms with E-state index in [0.29, 0.717) is 5.76 Å². The van der Waals surface area contributed by atoms with Crippen molar-refractivity contribution < 1.29 is 28.2 Å². The van der Waals surface area contributed by atoms with Crippen LogP contribution in [-0.2, 0) is 6.54 Å². The molecule has 0 saturated carbocycles. The highest BCUT2D eigenvalue weighted by molar-refractivity contribution is 5.96. The van der Waals surface area contributed by atoms with Crippen molar-refractivity contribution in [1.29, 1.82) is 0 Å². The van der Waals surface area contributed by atoms with E-state index in [2.05, 4.69) is 0 Å². The molecule has 0 aliphatic heterocycles. The van der Waals surface area contributed by atoms with Gasteiger partial charge in [-0.1, -0.05) is 0 Å². The number of furan rings is 1. The van der Waals surface area contributed by atoms with Crippen LogP contribution >= 0.6 is 0 Å². The molecule has 122 valence electrons. The molecule has 0 spiro atoms. The number of benzene rings is 1. The first-order chi connectivity index (χ1) is 10.8. The number of carboxylic acids is 1. The third-order valence-corrected chi connectivity index (χ3v) is 3.33. The van der Waals surface area contributed by atoms with Crippen LogP contribution in [0.2, 0.25) is 0 Å². The molecule has 0 fully saturated rings. The summed E-state index contributed by atoms with van der Waals surface area (Å²) in [5, 5.41) is 9.00. The second-order valence-corrected chi connectivity index (χ2v) is 4.99. The first-order valence-corrected chi connectivity index (χ1v) is 6.75. The Hall–Kier alpha value is -2.83. The molecular weight excluding hydrogens is 305 g/mol. The Balaban J connectivity index is 2.22. The number of carboxylic acid groups (broad SMARTS) is 1. The molecule has 0 bridgehead atoms. The average molecular weight is 321 g/mol. The van der Waals surface area contributed by atoms with Crippen LogP contribution in [0.3, 0.4) is 0 Å². The Kier molecular flexibility index (Phi) is 4.68. The van der Waals surface area contributed by atoms with E-state index in [-0.39, 0.29) is 29.2 Å². The van der Waals surface area contributed by atoms with Crippen LogP contribution in [-0.4, -0.2) is 36.0 Å². The minimum absolute atomic E-state index is 0.0455. The molecular formula is C16H16FNO5. The molecule has 23 heavy (non-hydrogen) atoms. The summed E-state index contributed by atoms with van der Waals surface area (Å²) in [6.45, 7) is 1.58. The van der Waals surface area contributed by atoms with Crippen LogP contribution in [0.1, 0.15) is 32.2 Å². The van der Waals surface area contributed by atoms with Gasteiger partial charge in [0.05, 0.1) is 19.2 Å². The molecule has 0 saturated heterocycles. The molecule has 2 rings (SSSR count). The van der Waals surface area contributed by atoms with Crippen molar-refractivity contribution in [1.82, 2.24) is 4.90 Å². The van der Waals surface area contributed by atoms with Crippen molar-refractivity contribution in [2.45, 2.75) is 13.5 Å². The third kappa shape index (κ3) is 3.50. The van der Waals surface area contributed by atoms with E-state index in [9.17, 15) is 14.0 Å². The molecule has 0 aliphatic rings. The highest BCUT2D eigenvalue weighted by Crippen LogP contribution is 2.22. The Bertz CT molecular complexity index is 753. The molecule has 0 unspecified atom stereocenters. The van der Waals surface area contributed by atoms with E-state index >= 15 is 0 Å². The summed E-state index contributed by atoms with van der Waals surface area (Å²) in [5.74, 6) is -1.27. The molecule has 1 aromatic heterocycles. The lowest BCUT2D eigenvalue weighted by Gasteiger charge is -2.17. The molecule has 1 aromatic carbocycles. The number of hydrogen-bond acceptors (Lipinski definition) is 4. The predicted octanol–water partition coefficient (Wildman–Crippen LogP) is 2.71. The minimum Gasteiger partial charge on any atom is -0.496 e. The van der Waals surface area contributed by atoms with E-state index < -0.39 is 17.7 Å². The smallest absolute Gasteiger partial charge is 0.339 e. The molecule has 0 radical (unpaired) electrons. The van der Waals surface area contributed by atoms with Crippen LogP contribution < -0.4 is 4.74 Å². The standard InChI is InChI=1S/C16H16FNO5/c1-9-12(16(20)21)7-11(23-9)8-18(2)15(19)13-6-10(17)4-5-14(13)22-3/h4-7H,8H2,1-3H3,(H,20,21). The lowest BCUT2D eigenvalue weighted by atomic mass is 10.1. The van der Waals surface area contributed by atoms with Gasteiger partial charge in [0.15, 0.2) is 0 Å². The van der Waals surface area contributed by atoms with Crippen molar-refractivity contribution in [3.05, 3.63) is 52.7 Å². The molecule has 7 heteroatoms. The lowest BCUT2D eigenvalue weighted by Crippen LogP contribution is -2.26. The Morgan fingerprint density at radius 3 is 2.57 bits per heavy atom. The average Bonchev–Trinajstić information content (AvgIpc) is 2.87. The fourth-order valence-electron chi connectivity index (χ4n) is 2.19. The number of hydrogen-bond donors (Lipinski definition) is 1. The molecule has 2 aromatic rings. The van der Waals surface area contributed by atoms with Gasteiger partial charge in [0, 0.05) is 7.05 Å². The molecule has 0 atom stereocenters. The van der Waals surface area contributed by atoms with E-state index in [0.717, 1.165) is 6.07 Å². The van der Waals surface area contributed by atoms with Gasteiger partial charge in [0.1, 0.15) is 28.7 Å². The van der Waals surface area contributed by atoms with Gasteiger partial charge in [-0.15, -0.1) is 0 Å². The van der Waals surface area contributed by atoms with Crippen LogP contribution in [0.5, 0.6) is 5.75 Å². The maximum Gasteiger partial charge on any atom is 0.339 e. The summed E-state index contributed by atoms with van der Waals surface area (Å²) in [7, 11) is 2.89. The molecule has 6 nitrogen and oxygen atoms in total. The van der Waals surface area contributed by atoms with Gasteiger partial charge in [0.25, 0.3) is 5.91 Å². The van der Waals surface area contributed by atoms with Gasteiger partial charge in [-0.3, -0.25) is 4.79 Å². The topological polar surface area (TPSA) is 80.0 Å². The summed E-state index contributed by atoms with van der Waals surface area (Å²) in [5.41, 5.74) is 0.126. The zero-order valence-corrected chi connectivity index (χ0v) is 12.9. The van der Waals surface area contributed by atoms with Gasteiger partial charge in [-0.2, -0.15) is 0 Å². The fourth-order valence-corrected chi connectivity index (χ4v) is 2.19. The number of carbonyl (C=O) groups is 2. The normalized spacial score (nSPS) is 10.4. The maximum absolute atomic E-state index is 13.4. The first kappa shape index (κ1) is 16.5. The third-order valence-electron chi connectivity index (χ3n) is 3.33. The zero-order valence-electron chi connectivity index (χ0n) is 12.9. The van der Waals surface area contributed by atoms with E-state index in [1.807, 2.05) is 0 Å². The van der Waals surface area contributed by atoms with Crippen molar-refractivity contribution >= 4 is 11.9 Å². The van der Waals surface area contributed by atoms with E-state index in [1.54, 1.807) is 0 Å². The summed E-state index contributed by atoms with van der Waals surface area (Å²) in [6.07, 6.45) is 0. The Labute approximate surface area is 132 Å². The number of methoxy groups -OCH3 is 1. The van der Waals surface area contributed by atoms with Gasteiger partial charge < -0.3 is 19.2 Å². The van der Waals surface area contributed by atoms with Gasteiger partial charge >= 0.3 is 5.97 Å². The maximum atomic E-state index is 13.4. The van der Waals surface area contributed by atoms with Crippen molar-refractivity contribution in [3.8, 4) is 5.75 Å². The summed E-state index contributed by atoms with van der Waals surface area (Å²) in [6, 6.07) is 5.03. The lowest BCUT2D eigenvalue weighted by molar-refractivity contribution is 0.0694. The largest absolute Gasteiger partial charge is 0.496 e. The van der Waals surface area contributed by atoms with Gasteiger partial charge in [-0.05, 0) is 31.2 Å². The highest BCUT2D eigenvalue weighted by atomic mass is 19.1. The van der Waals surface area contributed by atoms with Gasteiger partial charge in [0.2, 0.25) is 0 Å². The van der Waals surface area contributed by atoms with Crippen LogP contribution in [0, 0.1) is 12.7 Å². The quantitative estimate of drug-likeness (QED) is 0.916. The Morgan fingerprint density at radius 2 is 2.00 bits per heavy atom. The number of nitrogens with zero attached hydrogens (tertiary/aromatic N) is 1. The van der Waals surface area contributed by atoms with E-state index in [1.165, 1.54) is 44.2 Å². The first-order valence-electron chi connectivity index (χ1n) is 6.75. The summed E-state index contributed by atoms with van der Waals surface area (Å²) in [4.78, 5) is 24.7. The van der Waals surface area contributed by atoms with Crippen LogP contribution in [0.15, 0.2) is 28.7 Å². The number of aromatic carboxylic acids is 1. The number of aryl methyl sites for hydroxylation is 1. The summed E-state index contributed by atoms with van der Waals surface area (Å²) >= 11 is 0. The number of amides is 1. The molecule has 1 heterocycles. The molecule has 0 aliphatic carbocycles. The van der Waals surface area contributed by atoms with Crippen molar-refractivity contribution in [3.63, 3.8) is 0 Å². The van der Waals surface area contributed by atoms with Crippen molar-refractivity contribution in [2.75, 3.05) is 14.2 Å². The number of halogens is 1. The molecule has 1 N–H and O–H groups in total. The van der Waals surface area contributed by atoms with E-state index in [4.69, 9.17) is 14.3 Å². The predicted molar refractivity (Wildman–Crippen MR) is 79.2 cm³/mol. The van der Waals surface area contributed by atoms with Crippen LogP contribution in [0.4, 0.5) is 4.39 Å². The Morgan fingerprint density at radius 1 is 1.30 bits per heavy atom. The second-order valence-electron chi connectivity index (χ2n) is 4.99. The molecule has 1 amide bonds. The SMILES string of the molecule is COc1ccc(F)cc1C(=O)N(C)Cc1cc(C(=O)O)c(C)o1. The zero-order chi connectivity index (χ0) is 17.1. The number of rotatable bonds is 5. The second kappa shape index (κ2) is 6.51.